The standard InChI is InChI=1S/C17H28N2O/c1-6-17(4)12-18-16(2,3)13-19(17)11-14-8-7-9-15(10-14)20-5/h7-10,18H,6,11-13H2,1-5H3. The van der Waals surface area contributed by atoms with Gasteiger partial charge in [0.05, 0.1) is 7.11 Å². The molecule has 3 heteroatoms. The molecule has 0 aliphatic carbocycles. The van der Waals surface area contributed by atoms with E-state index in [1.54, 1.807) is 7.11 Å². The molecule has 1 unspecified atom stereocenters. The van der Waals surface area contributed by atoms with Crippen LogP contribution < -0.4 is 10.1 Å². The fraction of sp³-hybridized carbons (Fsp3) is 0.647. The van der Waals surface area contributed by atoms with Gasteiger partial charge in [0.1, 0.15) is 5.75 Å². The van der Waals surface area contributed by atoms with Crippen LogP contribution in [0.5, 0.6) is 5.75 Å². The largest absolute Gasteiger partial charge is 0.497 e. The molecule has 0 aromatic heterocycles. The van der Waals surface area contributed by atoms with Crippen molar-refractivity contribution >= 4 is 0 Å². The van der Waals surface area contributed by atoms with E-state index in [0.29, 0.717) is 0 Å². The molecule has 0 amide bonds. The van der Waals surface area contributed by atoms with E-state index in [1.165, 1.54) is 5.56 Å². The lowest BCUT2D eigenvalue weighted by Gasteiger charge is -2.51. The van der Waals surface area contributed by atoms with Gasteiger partial charge in [0.25, 0.3) is 0 Å². The van der Waals surface area contributed by atoms with Crippen molar-refractivity contribution in [3.8, 4) is 5.75 Å². The number of piperazine rings is 1. The van der Waals surface area contributed by atoms with Crippen LogP contribution in [-0.2, 0) is 6.54 Å². The monoisotopic (exact) mass is 276 g/mol. The zero-order valence-electron chi connectivity index (χ0n) is 13.5. The van der Waals surface area contributed by atoms with Gasteiger partial charge in [-0.05, 0) is 44.9 Å². The predicted octanol–water partition coefficient (Wildman–Crippen LogP) is 3.05. The van der Waals surface area contributed by atoms with Crippen molar-refractivity contribution in [2.75, 3.05) is 20.2 Å². The van der Waals surface area contributed by atoms with Crippen LogP contribution in [0.15, 0.2) is 24.3 Å². The van der Waals surface area contributed by atoms with Gasteiger partial charge in [0.15, 0.2) is 0 Å². The minimum absolute atomic E-state index is 0.174. The second-order valence-corrected chi connectivity index (χ2v) is 6.80. The lowest BCUT2D eigenvalue weighted by molar-refractivity contribution is 0.0175. The van der Waals surface area contributed by atoms with Crippen molar-refractivity contribution in [1.82, 2.24) is 10.2 Å². The average molecular weight is 276 g/mol. The topological polar surface area (TPSA) is 24.5 Å². The maximum atomic E-state index is 5.33. The van der Waals surface area contributed by atoms with Crippen LogP contribution in [0, 0.1) is 0 Å². The summed E-state index contributed by atoms with van der Waals surface area (Å²) in [5.41, 5.74) is 1.72. The fourth-order valence-electron chi connectivity index (χ4n) is 2.85. The fourth-order valence-corrected chi connectivity index (χ4v) is 2.85. The quantitative estimate of drug-likeness (QED) is 0.915. The third kappa shape index (κ3) is 3.33. The summed E-state index contributed by atoms with van der Waals surface area (Å²) < 4.78 is 5.33. The highest BCUT2D eigenvalue weighted by molar-refractivity contribution is 5.28. The van der Waals surface area contributed by atoms with E-state index in [0.717, 1.165) is 31.8 Å². The van der Waals surface area contributed by atoms with Crippen molar-refractivity contribution in [2.24, 2.45) is 0 Å². The lowest BCUT2D eigenvalue weighted by Crippen LogP contribution is -2.66. The van der Waals surface area contributed by atoms with Gasteiger partial charge in [-0.25, -0.2) is 0 Å². The van der Waals surface area contributed by atoms with E-state index in [4.69, 9.17) is 4.74 Å². The molecule has 1 aliphatic rings. The average Bonchev–Trinajstić information content (AvgIpc) is 2.43. The Labute approximate surface area is 123 Å². The predicted molar refractivity (Wildman–Crippen MR) is 84.2 cm³/mol. The zero-order chi connectivity index (χ0) is 14.8. The van der Waals surface area contributed by atoms with Crippen LogP contribution in [0.25, 0.3) is 0 Å². The SMILES string of the molecule is CCC1(C)CNC(C)(C)CN1Cc1cccc(OC)c1. The molecule has 1 aromatic rings. The van der Waals surface area contributed by atoms with Crippen LogP contribution >= 0.6 is 0 Å². The molecule has 3 nitrogen and oxygen atoms in total. The van der Waals surface area contributed by atoms with Crippen molar-refractivity contribution in [3.63, 3.8) is 0 Å². The van der Waals surface area contributed by atoms with E-state index in [2.05, 4.69) is 56.1 Å². The highest BCUT2D eigenvalue weighted by Crippen LogP contribution is 2.29. The van der Waals surface area contributed by atoms with Crippen molar-refractivity contribution < 1.29 is 4.74 Å². The molecular weight excluding hydrogens is 248 g/mol. The van der Waals surface area contributed by atoms with E-state index in [-0.39, 0.29) is 11.1 Å². The number of methoxy groups -OCH3 is 1. The summed E-state index contributed by atoms with van der Waals surface area (Å²) in [4.78, 5) is 2.61. The van der Waals surface area contributed by atoms with Crippen LogP contribution in [0.3, 0.4) is 0 Å². The maximum Gasteiger partial charge on any atom is 0.119 e. The number of rotatable bonds is 4. The zero-order valence-corrected chi connectivity index (χ0v) is 13.5. The first kappa shape index (κ1) is 15.3. The number of nitrogens with zero attached hydrogens (tertiary/aromatic N) is 1. The van der Waals surface area contributed by atoms with Gasteiger partial charge in [-0.15, -0.1) is 0 Å². The van der Waals surface area contributed by atoms with Crippen molar-refractivity contribution in [2.45, 2.75) is 51.7 Å². The normalized spacial score (nSPS) is 26.4. The molecule has 0 bridgehead atoms. The molecular formula is C17H28N2O. The summed E-state index contributed by atoms with van der Waals surface area (Å²) in [6, 6.07) is 8.41. The minimum Gasteiger partial charge on any atom is -0.497 e. The molecule has 1 heterocycles. The van der Waals surface area contributed by atoms with Gasteiger partial charge < -0.3 is 10.1 Å². The molecule has 0 saturated carbocycles. The van der Waals surface area contributed by atoms with Crippen LogP contribution in [-0.4, -0.2) is 36.2 Å². The molecule has 20 heavy (non-hydrogen) atoms. The van der Waals surface area contributed by atoms with Crippen molar-refractivity contribution in [1.29, 1.82) is 0 Å². The molecule has 1 aromatic carbocycles. The first-order valence-corrected chi connectivity index (χ1v) is 7.51. The molecule has 1 fully saturated rings. The molecule has 1 N–H and O–H groups in total. The van der Waals surface area contributed by atoms with Gasteiger partial charge in [-0.3, -0.25) is 4.90 Å². The first-order valence-electron chi connectivity index (χ1n) is 7.51. The highest BCUT2D eigenvalue weighted by atomic mass is 16.5. The van der Waals surface area contributed by atoms with E-state index >= 15 is 0 Å². The number of hydrogen-bond donors (Lipinski definition) is 1. The molecule has 1 saturated heterocycles. The Morgan fingerprint density at radius 2 is 2.05 bits per heavy atom. The van der Waals surface area contributed by atoms with Crippen LogP contribution in [0.4, 0.5) is 0 Å². The van der Waals surface area contributed by atoms with E-state index in [9.17, 15) is 0 Å². The Bertz CT molecular complexity index is 458. The summed E-state index contributed by atoms with van der Waals surface area (Å²) in [5.74, 6) is 0.940. The Hall–Kier alpha value is -1.06. The van der Waals surface area contributed by atoms with Crippen LogP contribution in [0.2, 0.25) is 0 Å². The van der Waals surface area contributed by atoms with Gasteiger partial charge in [-0.1, -0.05) is 19.1 Å². The van der Waals surface area contributed by atoms with E-state index < -0.39 is 0 Å². The summed E-state index contributed by atoms with van der Waals surface area (Å²) >= 11 is 0. The number of benzene rings is 1. The molecule has 1 aliphatic heterocycles. The Morgan fingerprint density at radius 3 is 2.70 bits per heavy atom. The molecule has 0 spiro atoms. The number of nitrogens with one attached hydrogen (secondary N) is 1. The smallest absolute Gasteiger partial charge is 0.119 e. The third-order valence-corrected chi connectivity index (χ3v) is 4.57. The Morgan fingerprint density at radius 1 is 1.30 bits per heavy atom. The van der Waals surface area contributed by atoms with Crippen molar-refractivity contribution in [3.05, 3.63) is 29.8 Å². The molecule has 0 radical (unpaired) electrons. The maximum absolute atomic E-state index is 5.33. The minimum atomic E-state index is 0.174. The Kier molecular flexibility index (Phi) is 4.40. The highest BCUT2D eigenvalue weighted by Gasteiger charge is 2.39. The number of ether oxygens (including phenoxy) is 1. The van der Waals surface area contributed by atoms with Crippen LogP contribution in [0.1, 0.15) is 39.7 Å². The lowest BCUT2D eigenvalue weighted by atomic mass is 9.87. The summed E-state index contributed by atoms with van der Waals surface area (Å²) in [6.07, 6.45) is 1.15. The Balaban J connectivity index is 2.18. The van der Waals surface area contributed by atoms with Gasteiger partial charge in [-0.2, -0.15) is 0 Å². The third-order valence-electron chi connectivity index (χ3n) is 4.57. The second kappa shape index (κ2) is 5.74. The summed E-state index contributed by atoms with van der Waals surface area (Å²) in [5, 5.41) is 3.67. The summed E-state index contributed by atoms with van der Waals surface area (Å²) in [6.45, 7) is 12.3. The molecule has 2 rings (SSSR count). The first-order chi connectivity index (χ1) is 9.38. The molecule has 112 valence electrons. The van der Waals surface area contributed by atoms with E-state index in [1.807, 2.05) is 6.07 Å². The van der Waals surface area contributed by atoms with Gasteiger partial charge in [0.2, 0.25) is 0 Å². The number of hydrogen-bond acceptors (Lipinski definition) is 3. The molecule has 1 atom stereocenters. The van der Waals surface area contributed by atoms with Gasteiger partial charge >= 0.3 is 0 Å². The summed E-state index contributed by atoms with van der Waals surface area (Å²) in [7, 11) is 1.73. The van der Waals surface area contributed by atoms with Gasteiger partial charge in [0, 0.05) is 30.7 Å². The second-order valence-electron chi connectivity index (χ2n) is 6.80.